The molecule has 2 aromatic carbocycles. The third-order valence-corrected chi connectivity index (χ3v) is 5.28. The van der Waals surface area contributed by atoms with Gasteiger partial charge in [0, 0.05) is 17.4 Å². The Morgan fingerprint density at radius 1 is 1.00 bits per heavy atom. The first kappa shape index (κ1) is 19.9. The van der Waals surface area contributed by atoms with E-state index in [0.717, 1.165) is 0 Å². The van der Waals surface area contributed by atoms with Crippen LogP contribution in [0.4, 0.5) is 0 Å². The maximum absolute atomic E-state index is 13.2. The van der Waals surface area contributed by atoms with Gasteiger partial charge in [-0.15, -0.1) is 0 Å². The molecule has 27 heavy (non-hydrogen) atoms. The maximum Gasteiger partial charge on any atom is 0.197 e. The summed E-state index contributed by atoms with van der Waals surface area (Å²) in [6.07, 6.45) is -0.0173. The summed E-state index contributed by atoms with van der Waals surface area (Å²) in [6.45, 7) is -0.319. The zero-order chi connectivity index (χ0) is 20.0. The molecule has 4 N–H and O–H groups in total. The molecular formula is C17H10B2Br2O6. The van der Waals surface area contributed by atoms with Crippen molar-refractivity contribution in [2.24, 2.45) is 0 Å². The predicted molar refractivity (Wildman–Crippen MR) is 108 cm³/mol. The number of furan rings is 1. The van der Waals surface area contributed by atoms with Crippen molar-refractivity contribution >= 4 is 75.2 Å². The SMILES string of the molecule is [B]c1c(O)c(O)c([B])c2c(C(=O)c3cc(Br)c(O)c(Br)c3)c(CCO)oc12. The average molecular weight is 492 g/mol. The lowest BCUT2D eigenvalue weighted by Gasteiger charge is -2.10. The number of aliphatic hydroxyl groups is 1. The van der Waals surface area contributed by atoms with E-state index < -0.39 is 17.3 Å². The number of halogens is 2. The summed E-state index contributed by atoms with van der Waals surface area (Å²) >= 11 is 6.32. The molecule has 3 rings (SSSR count). The molecule has 0 bridgehead atoms. The molecule has 0 saturated heterocycles. The van der Waals surface area contributed by atoms with Gasteiger partial charge in [-0.1, -0.05) is 0 Å². The molecule has 0 saturated carbocycles. The Bertz CT molecular complexity index is 1070. The molecule has 0 fully saturated rings. The minimum absolute atomic E-state index is 0.00281. The second kappa shape index (κ2) is 7.26. The summed E-state index contributed by atoms with van der Waals surface area (Å²) in [5, 5.41) is 39.1. The van der Waals surface area contributed by atoms with Crippen LogP contribution in [0.5, 0.6) is 17.2 Å². The van der Waals surface area contributed by atoms with E-state index >= 15 is 0 Å². The molecule has 3 aromatic rings. The van der Waals surface area contributed by atoms with Crippen LogP contribution in [-0.4, -0.2) is 48.5 Å². The number of aromatic hydroxyl groups is 3. The lowest BCUT2D eigenvalue weighted by Crippen LogP contribution is -2.16. The zero-order valence-electron chi connectivity index (χ0n) is 13.6. The number of phenols is 3. The second-order valence-corrected chi connectivity index (χ2v) is 7.43. The number of carbonyl (C=O) groups excluding carboxylic acids is 1. The predicted octanol–water partition coefficient (Wildman–Crippen LogP) is 1.43. The van der Waals surface area contributed by atoms with Gasteiger partial charge in [-0.3, -0.25) is 4.79 Å². The number of ketones is 1. The van der Waals surface area contributed by atoms with Crippen molar-refractivity contribution in [2.45, 2.75) is 6.42 Å². The van der Waals surface area contributed by atoms with Gasteiger partial charge in [0.25, 0.3) is 0 Å². The Hall–Kier alpha value is -1.90. The third kappa shape index (κ3) is 3.15. The number of fused-ring (bicyclic) bond motifs is 1. The Kier molecular flexibility index (Phi) is 5.33. The van der Waals surface area contributed by atoms with Gasteiger partial charge in [-0.05, 0) is 54.9 Å². The van der Waals surface area contributed by atoms with Crippen molar-refractivity contribution in [3.8, 4) is 17.2 Å². The van der Waals surface area contributed by atoms with E-state index in [1.807, 2.05) is 0 Å². The average Bonchev–Trinajstić information content (AvgIpc) is 3.01. The Labute approximate surface area is 172 Å². The fourth-order valence-electron chi connectivity index (χ4n) is 2.76. The lowest BCUT2D eigenvalue weighted by atomic mass is 9.81. The van der Waals surface area contributed by atoms with Gasteiger partial charge in [-0.25, -0.2) is 0 Å². The lowest BCUT2D eigenvalue weighted by molar-refractivity contribution is 0.103. The van der Waals surface area contributed by atoms with Gasteiger partial charge in [0.05, 0.1) is 21.1 Å². The minimum atomic E-state index is -0.668. The summed E-state index contributed by atoms with van der Waals surface area (Å²) in [5.41, 5.74) is -0.429. The number of hydrogen-bond donors (Lipinski definition) is 4. The smallest absolute Gasteiger partial charge is 0.197 e. The number of benzene rings is 2. The van der Waals surface area contributed by atoms with E-state index in [1.54, 1.807) is 0 Å². The van der Waals surface area contributed by atoms with E-state index in [4.69, 9.17) is 20.1 Å². The first-order chi connectivity index (χ1) is 12.7. The van der Waals surface area contributed by atoms with Crippen LogP contribution in [0.15, 0.2) is 25.5 Å². The van der Waals surface area contributed by atoms with Crippen LogP contribution in [0.1, 0.15) is 21.7 Å². The van der Waals surface area contributed by atoms with Crippen molar-refractivity contribution in [3.63, 3.8) is 0 Å². The second-order valence-electron chi connectivity index (χ2n) is 5.72. The van der Waals surface area contributed by atoms with E-state index in [-0.39, 0.29) is 66.5 Å². The minimum Gasteiger partial charge on any atom is -0.506 e. The van der Waals surface area contributed by atoms with Crippen molar-refractivity contribution in [3.05, 3.63) is 38.0 Å². The van der Waals surface area contributed by atoms with Crippen molar-refractivity contribution in [1.82, 2.24) is 0 Å². The summed E-state index contributed by atoms with van der Waals surface area (Å²) in [6, 6.07) is 2.81. The quantitative estimate of drug-likeness (QED) is 0.250. The summed E-state index contributed by atoms with van der Waals surface area (Å²) < 4.78 is 6.15. The van der Waals surface area contributed by atoms with Crippen LogP contribution in [-0.2, 0) is 6.42 Å². The van der Waals surface area contributed by atoms with Gasteiger partial charge >= 0.3 is 0 Å². The standard InChI is InChI=1S/C17H10B2Br2O6/c18-11-10-9(13(23)5-3-6(20)14(24)7(21)4-5)8(1-2-22)27-17(10)12(19)16(26)15(11)25/h3-4,22,24-26H,1-2H2. The van der Waals surface area contributed by atoms with E-state index in [9.17, 15) is 25.2 Å². The molecule has 1 heterocycles. The molecule has 0 unspecified atom stereocenters. The molecule has 0 aliphatic heterocycles. The normalized spacial score (nSPS) is 11.2. The molecular weight excluding hydrogens is 482 g/mol. The largest absolute Gasteiger partial charge is 0.506 e. The summed E-state index contributed by atoms with van der Waals surface area (Å²) in [4.78, 5) is 13.2. The van der Waals surface area contributed by atoms with Gasteiger partial charge < -0.3 is 24.8 Å². The van der Waals surface area contributed by atoms with E-state index in [0.29, 0.717) is 0 Å². The van der Waals surface area contributed by atoms with Crippen molar-refractivity contribution in [1.29, 1.82) is 0 Å². The number of hydrogen-bond acceptors (Lipinski definition) is 6. The Morgan fingerprint density at radius 3 is 2.11 bits per heavy atom. The monoisotopic (exact) mass is 490 g/mol. The van der Waals surface area contributed by atoms with E-state index in [1.165, 1.54) is 12.1 Å². The van der Waals surface area contributed by atoms with Crippen molar-refractivity contribution < 1.29 is 29.6 Å². The Morgan fingerprint density at radius 2 is 1.56 bits per heavy atom. The molecule has 6 nitrogen and oxygen atoms in total. The van der Waals surface area contributed by atoms with Gasteiger partial charge in [0.15, 0.2) is 11.5 Å². The van der Waals surface area contributed by atoms with Crippen LogP contribution >= 0.6 is 31.9 Å². The number of carbonyl (C=O) groups is 1. The maximum atomic E-state index is 13.2. The molecule has 0 amide bonds. The Balaban J connectivity index is 2.36. The topological polar surface area (TPSA) is 111 Å². The highest BCUT2D eigenvalue weighted by molar-refractivity contribution is 9.11. The first-order valence-corrected chi connectivity index (χ1v) is 9.15. The van der Waals surface area contributed by atoms with Crippen LogP contribution in [0.25, 0.3) is 11.0 Å². The highest BCUT2D eigenvalue weighted by atomic mass is 79.9. The molecule has 0 aliphatic carbocycles. The fourth-order valence-corrected chi connectivity index (χ4v) is 3.95. The van der Waals surface area contributed by atoms with Crippen LogP contribution in [0, 0.1) is 0 Å². The number of aliphatic hydroxyl groups excluding tert-OH is 1. The van der Waals surface area contributed by atoms with Gasteiger partial charge in [0.1, 0.15) is 38.5 Å². The number of rotatable bonds is 4. The molecule has 134 valence electrons. The van der Waals surface area contributed by atoms with Crippen LogP contribution in [0.2, 0.25) is 0 Å². The first-order valence-electron chi connectivity index (χ1n) is 7.56. The fraction of sp³-hybridized carbons (Fsp3) is 0.118. The van der Waals surface area contributed by atoms with E-state index in [2.05, 4.69) is 31.9 Å². The molecule has 0 spiro atoms. The highest BCUT2D eigenvalue weighted by Gasteiger charge is 2.27. The van der Waals surface area contributed by atoms with Gasteiger partial charge in [0.2, 0.25) is 0 Å². The molecule has 4 radical (unpaired) electrons. The summed E-state index contributed by atoms with van der Waals surface area (Å²) in [5.74, 6) is -1.83. The van der Waals surface area contributed by atoms with Crippen LogP contribution in [0.3, 0.4) is 0 Å². The van der Waals surface area contributed by atoms with Gasteiger partial charge in [-0.2, -0.15) is 0 Å². The summed E-state index contributed by atoms with van der Waals surface area (Å²) in [7, 11) is 11.7. The zero-order valence-corrected chi connectivity index (χ0v) is 16.8. The molecule has 10 heteroatoms. The highest BCUT2D eigenvalue weighted by Crippen LogP contribution is 2.36. The van der Waals surface area contributed by atoms with Crippen molar-refractivity contribution in [2.75, 3.05) is 6.61 Å². The molecule has 1 aromatic heterocycles. The molecule has 0 aliphatic rings. The number of phenolic OH excluding ortho intramolecular Hbond substituents is 3. The van der Waals surface area contributed by atoms with Crippen LogP contribution < -0.4 is 10.9 Å². The molecule has 0 atom stereocenters. The third-order valence-electron chi connectivity index (χ3n) is 4.07.